The molecule has 0 bridgehead atoms. The molecule has 0 amide bonds. The summed E-state index contributed by atoms with van der Waals surface area (Å²) in [4.78, 5) is 0. The molecule has 4 aromatic carbocycles. The lowest BCUT2D eigenvalue weighted by Crippen LogP contribution is -2.18. The van der Waals surface area contributed by atoms with Gasteiger partial charge in [-0.05, 0) is 104 Å². The molecular formula is C35H28. The van der Waals surface area contributed by atoms with E-state index in [1.807, 2.05) is 0 Å². The molecule has 3 aliphatic carbocycles. The summed E-state index contributed by atoms with van der Waals surface area (Å²) >= 11 is 0. The minimum absolute atomic E-state index is 0.971. The van der Waals surface area contributed by atoms with Crippen molar-refractivity contribution in [1.82, 2.24) is 0 Å². The Morgan fingerprint density at radius 3 is 2.09 bits per heavy atom. The van der Waals surface area contributed by atoms with Crippen LogP contribution in [0, 0.1) is 10.4 Å². The molecular weight excluding hydrogens is 420 g/mol. The number of hydrogen-bond acceptors (Lipinski definition) is 0. The number of hydrogen-bond donors (Lipinski definition) is 0. The van der Waals surface area contributed by atoms with Gasteiger partial charge in [0, 0.05) is 0 Å². The lowest BCUT2D eigenvalue weighted by atomic mass is 9.89. The average molecular weight is 449 g/mol. The molecule has 7 rings (SSSR count). The van der Waals surface area contributed by atoms with Crippen molar-refractivity contribution >= 4 is 17.2 Å². The zero-order chi connectivity index (χ0) is 23.2. The Morgan fingerprint density at radius 1 is 0.657 bits per heavy atom. The van der Waals surface area contributed by atoms with Crippen LogP contribution in [0.15, 0.2) is 103 Å². The molecule has 0 unspecified atom stereocenters. The van der Waals surface area contributed by atoms with Crippen molar-refractivity contribution in [3.8, 4) is 0 Å². The molecule has 1 saturated carbocycles. The third kappa shape index (κ3) is 3.80. The molecule has 0 saturated heterocycles. The van der Waals surface area contributed by atoms with Crippen LogP contribution in [-0.2, 0) is 12.8 Å². The second-order valence-electron chi connectivity index (χ2n) is 10.1. The zero-order valence-electron chi connectivity index (χ0n) is 19.9. The Morgan fingerprint density at radius 2 is 1.40 bits per heavy atom. The maximum Gasteiger partial charge on any atom is -0.00194 e. The van der Waals surface area contributed by atoms with E-state index >= 15 is 0 Å². The average Bonchev–Trinajstić information content (AvgIpc) is 3.46. The molecule has 0 heterocycles. The lowest BCUT2D eigenvalue weighted by molar-refractivity contribution is 1.15. The van der Waals surface area contributed by atoms with E-state index in [4.69, 9.17) is 0 Å². The molecule has 3 aliphatic rings. The van der Waals surface area contributed by atoms with E-state index in [9.17, 15) is 0 Å². The molecule has 0 atom stereocenters. The van der Waals surface area contributed by atoms with Crippen LogP contribution in [-0.4, -0.2) is 0 Å². The van der Waals surface area contributed by atoms with Crippen molar-refractivity contribution in [2.24, 2.45) is 0 Å². The van der Waals surface area contributed by atoms with Crippen LogP contribution in [0.25, 0.3) is 17.2 Å². The monoisotopic (exact) mass is 448 g/mol. The quantitative estimate of drug-likeness (QED) is 0.285. The molecule has 0 nitrogen and oxygen atoms in total. The largest absolute Gasteiger partial charge is 0.0801 e. The van der Waals surface area contributed by atoms with Gasteiger partial charge in [0.15, 0.2) is 0 Å². The van der Waals surface area contributed by atoms with E-state index in [1.165, 1.54) is 72.7 Å². The predicted octanol–water partition coefficient (Wildman–Crippen LogP) is 6.59. The molecule has 0 aromatic heterocycles. The Hall–Kier alpha value is -3.90. The normalized spacial score (nSPS) is 15.0. The topological polar surface area (TPSA) is 0 Å². The van der Waals surface area contributed by atoms with Crippen molar-refractivity contribution in [3.05, 3.63) is 157 Å². The molecule has 35 heavy (non-hydrogen) atoms. The van der Waals surface area contributed by atoms with Gasteiger partial charge < -0.3 is 0 Å². The third-order valence-electron chi connectivity index (χ3n) is 7.59. The Labute approximate surface area is 206 Å². The maximum absolute atomic E-state index is 2.52. The Bertz CT molecular complexity index is 1730. The summed E-state index contributed by atoms with van der Waals surface area (Å²) in [5.74, 6) is 0. The second kappa shape index (κ2) is 8.40. The summed E-state index contributed by atoms with van der Waals surface area (Å²) < 4.78 is 0. The summed E-state index contributed by atoms with van der Waals surface area (Å²) in [5.41, 5.74) is 11.6. The van der Waals surface area contributed by atoms with Crippen molar-refractivity contribution in [3.63, 3.8) is 0 Å². The Kier molecular flexibility index (Phi) is 4.91. The minimum Gasteiger partial charge on any atom is -0.0801 e. The lowest BCUT2D eigenvalue weighted by Gasteiger charge is -2.14. The second-order valence-corrected chi connectivity index (χ2v) is 10.1. The minimum atomic E-state index is 0.971. The van der Waals surface area contributed by atoms with Crippen LogP contribution in [0.2, 0.25) is 0 Å². The molecule has 0 radical (unpaired) electrons. The van der Waals surface area contributed by atoms with E-state index in [2.05, 4.69) is 109 Å². The third-order valence-corrected chi connectivity index (χ3v) is 7.59. The highest BCUT2D eigenvalue weighted by Crippen LogP contribution is 2.34. The van der Waals surface area contributed by atoms with Crippen LogP contribution >= 0.6 is 0 Å². The first-order chi connectivity index (χ1) is 17.3. The van der Waals surface area contributed by atoms with Gasteiger partial charge in [0.2, 0.25) is 0 Å². The fourth-order valence-electron chi connectivity index (χ4n) is 5.82. The first-order valence-corrected chi connectivity index (χ1v) is 12.8. The van der Waals surface area contributed by atoms with Crippen molar-refractivity contribution < 1.29 is 0 Å². The number of fused-ring (bicyclic) bond motifs is 2. The van der Waals surface area contributed by atoms with Crippen molar-refractivity contribution in [1.29, 1.82) is 0 Å². The highest BCUT2D eigenvalue weighted by molar-refractivity contribution is 5.82. The molecule has 0 spiro atoms. The maximum atomic E-state index is 2.52. The highest BCUT2D eigenvalue weighted by atomic mass is 14.3. The zero-order valence-corrected chi connectivity index (χ0v) is 19.9. The molecule has 1 fully saturated rings. The van der Waals surface area contributed by atoms with Crippen LogP contribution in [0.3, 0.4) is 0 Å². The number of rotatable bonds is 5. The molecule has 4 aromatic rings. The van der Waals surface area contributed by atoms with Gasteiger partial charge in [0.05, 0.1) is 0 Å². The highest BCUT2D eigenvalue weighted by Gasteiger charge is 2.23. The fraction of sp³-hybridized carbons (Fsp3) is 0.143. The van der Waals surface area contributed by atoms with Gasteiger partial charge in [0.1, 0.15) is 0 Å². The first-order valence-electron chi connectivity index (χ1n) is 12.8. The summed E-state index contributed by atoms with van der Waals surface area (Å²) in [6.45, 7) is 0. The van der Waals surface area contributed by atoms with Gasteiger partial charge in [-0.25, -0.2) is 0 Å². The molecule has 0 aliphatic heterocycles. The van der Waals surface area contributed by atoms with Gasteiger partial charge in [0.25, 0.3) is 0 Å². The molecule has 168 valence electrons. The van der Waals surface area contributed by atoms with Gasteiger partial charge in [-0.2, -0.15) is 0 Å². The smallest absolute Gasteiger partial charge is 0.00194 e. The standard InChI is InChI=1S/C35H28/c1-3-9-24(10-4-1)19-26-15-16-29-22-33-32(31(29)21-26)23-30(20-25-11-5-2-6-12-25)34(28-17-18-28)35(33)27-13-7-8-14-27/h1-13,15-16,21-23H,14,17-20H2. The Balaban J connectivity index is 1.49. The van der Waals surface area contributed by atoms with Crippen molar-refractivity contribution in [2.45, 2.75) is 32.1 Å². The summed E-state index contributed by atoms with van der Waals surface area (Å²) in [6, 6.07) is 31.4. The van der Waals surface area contributed by atoms with Crippen LogP contribution in [0.1, 0.15) is 52.6 Å². The SMILES string of the molecule is C1=CCC(c2c3c(cc(Cc4ccccc4)c2=C2CC2)=c2cc(Cc4ccccc4)ccc2=C3)=C1. The molecule has 0 heteroatoms. The van der Waals surface area contributed by atoms with Crippen LogP contribution < -0.4 is 10.4 Å². The van der Waals surface area contributed by atoms with Crippen LogP contribution in [0.4, 0.5) is 0 Å². The molecule has 0 N–H and O–H groups in total. The predicted molar refractivity (Wildman–Crippen MR) is 146 cm³/mol. The van der Waals surface area contributed by atoms with E-state index in [0.29, 0.717) is 0 Å². The van der Waals surface area contributed by atoms with Crippen LogP contribution in [0.5, 0.6) is 0 Å². The van der Waals surface area contributed by atoms with Gasteiger partial charge in [-0.15, -0.1) is 0 Å². The van der Waals surface area contributed by atoms with Gasteiger partial charge in [-0.1, -0.05) is 103 Å². The van der Waals surface area contributed by atoms with E-state index < -0.39 is 0 Å². The number of benzene rings is 4. The number of allylic oxidation sites excluding steroid dienone is 4. The summed E-state index contributed by atoms with van der Waals surface area (Å²) in [6.07, 6.45) is 14.8. The van der Waals surface area contributed by atoms with Crippen molar-refractivity contribution in [2.75, 3.05) is 0 Å². The van der Waals surface area contributed by atoms with Gasteiger partial charge in [-0.3, -0.25) is 0 Å². The van der Waals surface area contributed by atoms with E-state index in [-0.39, 0.29) is 0 Å². The van der Waals surface area contributed by atoms with E-state index in [0.717, 1.165) is 19.3 Å². The summed E-state index contributed by atoms with van der Waals surface area (Å²) in [5, 5.41) is 5.70. The first kappa shape index (κ1) is 20.5. The fourth-order valence-corrected chi connectivity index (χ4v) is 5.82. The summed E-state index contributed by atoms with van der Waals surface area (Å²) in [7, 11) is 0. The van der Waals surface area contributed by atoms with E-state index in [1.54, 1.807) is 5.57 Å². The van der Waals surface area contributed by atoms with Gasteiger partial charge >= 0.3 is 0 Å².